The fourth-order valence-electron chi connectivity index (χ4n) is 4.18. The van der Waals surface area contributed by atoms with Crippen LogP contribution in [0.1, 0.15) is 65.9 Å². The van der Waals surface area contributed by atoms with Crippen LogP contribution < -0.4 is 0 Å². The summed E-state index contributed by atoms with van der Waals surface area (Å²) in [5.41, 5.74) is -11.9. The average molecular weight is 620 g/mol. The maximum atomic E-state index is 14.5. The van der Waals surface area contributed by atoms with Crippen LogP contribution in [0.2, 0.25) is 0 Å². The molecule has 0 bridgehead atoms. The zero-order valence-electron chi connectivity index (χ0n) is 21.6. The summed E-state index contributed by atoms with van der Waals surface area (Å²) in [4.78, 5) is 70.7. The van der Waals surface area contributed by atoms with Crippen LogP contribution in [0.5, 0.6) is 0 Å². The predicted molar refractivity (Wildman–Crippen MR) is 125 cm³/mol. The number of halogens is 6. The Kier molecular flexibility index (Phi) is 9.17. The number of hydrogen-bond donors (Lipinski definition) is 1. The molecule has 2 aromatic carbocycles. The number of alkyl halides is 6. The summed E-state index contributed by atoms with van der Waals surface area (Å²) < 4.78 is 105. The van der Waals surface area contributed by atoms with Gasteiger partial charge in [-0.1, -0.05) is 12.1 Å². The monoisotopic (exact) mass is 620 g/mol. The molecule has 17 heteroatoms. The van der Waals surface area contributed by atoms with Crippen molar-refractivity contribution < 1.29 is 79.2 Å². The van der Waals surface area contributed by atoms with Crippen molar-refractivity contribution >= 4 is 35.8 Å². The molecule has 0 aliphatic carbocycles. The highest BCUT2D eigenvalue weighted by Gasteiger charge is 2.72. The summed E-state index contributed by atoms with van der Waals surface area (Å²) in [6.45, 7) is 0.108. The molecule has 0 atom stereocenters. The van der Waals surface area contributed by atoms with Crippen molar-refractivity contribution in [2.24, 2.45) is 0 Å². The third-order valence-corrected chi connectivity index (χ3v) is 6.00. The van der Waals surface area contributed by atoms with Gasteiger partial charge in [0.05, 0.1) is 28.9 Å². The van der Waals surface area contributed by atoms with Crippen molar-refractivity contribution in [2.45, 2.75) is 31.1 Å². The minimum absolute atomic E-state index is 0.00948. The molecule has 0 saturated carbocycles. The molecule has 0 radical (unpaired) electrons. The van der Waals surface area contributed by atoms with Gasteiger partial charge in [-0.3, -0.25) is 9.59 Å². The van der Waals surface area contributed by atoms with E-state index in [-0.39, 0.29) is 24.8 Å². The molecule has 1 heterocycles. The van der Waals surface area contributed by atoms with E-state index in [1.807, 2.05) is 0 Å². The lowest BCUT2D eigenvalue weighted by Crippen LogP contribution is -2.55. The van der Waals surface area contributed by atoms with Gasteiger partial charge < -0.3 is 24.1 Å². The highest BCUT2D eigenvalue weighted by Crippen LogP contribution is 2.56. The highest BCUT2D eigenvalue weighted by atomic mass is 19.4. The van der Waals surface area contributed by atoms with E-state index in [0.717, 1.165) is 0 Å². The van der Waals surface area contributed by atoms with Crippen LogP contribution in [0.15, 0.2) is 36.4 Å². The number of rotatable bonds is 10. The topological polar surface area (TPSA) is 160 Å². The second-order valence-corrected chi connectivity index (χ2v) is 8.59. The van der Waals surface area contributed by atoms with E-state index < -0.39 is 107 Å². The number of benzene rings is 2. The maximum Gasteiger partial charge on any atom is 0.411 e. The lowest BCUT2D eigenvalue weighted by atomic mass is 9.71. The zero-order chi connectivity index (χ0) is 32.3. The molecule has 1 N–H and O–H groups in total. The molecule has 0 fully saturated rings. The Hall–Kier alpha value is -4.96. The SMILES string of the molecule is CCOC(=O)CC(=O)OCCOC(=O)c1ccc(C(c2ccc3c(c2)C(=O)OC3=O)(C(F)(F)F)C(F)(F)F)cc1C(=O)O. The zero-order valence-corrected chi connectivity index (χ0v) is 21.6. The first kappa shape index (κ1) is 32.6. The first-order valence-electron chi connectivity index (χ1n) is 11.9. The van der Waals surface area contributed by atoms with Crippen molar-refractivity contribution in [2.75, 3.05) is 19.8 Å². The Balaban J connectivity index is 2.00. The van der Waals surface area contributed by atoms with Gasteiger partial charge in [-0.25, -0.2) is 19.2 Å². The molecule has 0 unspecified atom stereocenters. The van der Waals surface area contributed by atoms with Gasteiger partial charge in [0.15, 0.2) is 0 Å². The third-order valence-electron chi connectivity index (χ3n) is 6.00. The van der Waals surface area contributed by atoms with Crippen LogP contribution >= 0.6 is 0 Å². The lowest BCUT2D eigenvalue weighted by molar-refractivity contribution is -0.288. The van der Waals surface area contributed by atoms with Crippen LogP contribution in [0.3, 0.4) is 0 Å². The quantitative estimate of drug-likeness (QED) is 0.135. The normalized spacial score (nSPS) is 13.2. The van der Waals surface area contributed by atoms with Crippen molar-refractivity contribution in [3.8, 4) is 0 Å². The number of cyclic esters (lactones) is 2. The molecule has 1 aliphatic heterocycles. The van der Waals surface area contributed by atoms with Gasteiger partial charge in [0.2, 0.25) is 5.41 Å². The summed E-state index contributed by atoms with van der Waals surface area (Å²) in [5.74, 6) is -8.36. The summed E-state index contributed by atoms with van der Waals surface area (Å²) in [7, 11) is 0. The summed E-state index contributed by atoms with van der Waals surface area (Å²) >= 11 is 0. The van der Waals surface area contributed by atoms with Crippen LogP contribution in [-0.2, 0) is 34.0 Å². The number of hydrogen-bond acceptors (Lipinski definition) is 10. The number of fused-ring (bicyclic) bond motifs is 1. The second-order valence-electron chi connectivity index (χ2n) is 8.59. The Morgan fingerprint density at radius 1 is 0.744 bits per heavy atom. The summed E-state index contributed by atoms with van der Waals surface area (Å²) in [5, 5.41) is 9.56. The van der Waals surface area contributed by atoms with Crippen molar-refractivity contribution in [1.29, 1.82) is 0 Å². The van der Waals surface area contributed by atoms with Gasteiger partial charge in [0, 0.05) is 0 Å². The van der Waals surface area contributed by atoms with Crippen LogP contribution in [0.25, 0.3) is 0 Å². The van der Waals surface area contributed by atoms with Gasteiger partial charge in [-0.05, 0) is 42.3 Å². The number of ether oxygens (including phenoxy) is 4. The van der Waals surface area contributed by atoms with Crippen LogP contribution in [-0.4, -0.2) is 73.1 Å². The van der Waals surface area contributed by atoms with Gasteiger partial charge in [0.1, 0.15) is 19.6 Å². The Bertz CT molecular complexity index is 1480. The van der Waals surface area contributed by atoms with E-state index >= 15 is 0 Å². The summed E-state index contributed by atoms with van der Waals surface area (Å²) in [6.07, 6.45) is -13.2. The lowest BCUT2D eigenvalue weighted by Gasteiger charge is -2.38. The van der Waals surface area contributed by atoms with Crippen molar-refractivity contribution in [3.63, 3.8) is 0 Å². The van der Waals surface area contributed by atoms with Crippen LogP contribution in [0.4, 0.5) is 26.3 Å². The van der Waals surface area contributed by atoms with E-state index in [1.54, 1.807) is 0 Å². The Morgan fingerprint density at radius 2 is 1.28 bits per heavy atom. The minimum Gasteiger partial charge on any atom is -0.478 e. The number of carbonyl (C=O) groups excluding carboxylic acids is 5. The van der Waals surface area contributed by atoms with E-state index in [0.29, 0.717) is 18.2 Å². The highest BCUT2D eigenvalue weighted by molar-refractivity contribution is 6.14. The number of carboxylic acids is 1. The molecule has 2 aromatic rings. The molecule has 0 spiro atoms. The molecule has 43 heavy (non-hydrogen) atoms. The van der Waals surface area contributed by atoms with E-state index in [4.69, 9.17) is 4.74 Å². The molecular weight excluding hydrogens is 602 g/mol. The fourth-order valence-corrected chi connectivity index (χ4v) is 4.18. The smallest absolute Gasteiger partial charge is 0.411 e. The molecule has 0 saturated heterocycles. The molecular formula is C26H18F6O11. The predicted octanol–water partition coefficient (Wildman–Crippen LogP) is 3.76. The average Bonchev–Trinajstić information content (AvgIpc) is 3.17. The largest absolute Gasteiger partial charge is 0.478 e. The second kappa shape index (κ2) is 12.1. The van der Waals surface area contributed by atoms with Crippen LogP contribution in [0, 0.1) is 0 Å². The molecule has 0 amide bonds. The van der Waals surface area contributed by atoms with Crippen molar-refractivity contribution in [1.82, 2.24) is 0 Å². The van der Waals surface area contributed by atoms with Gasteiger partial charge >= 0.3 is 48.2 Å². The number of carbonyl (C=O) groups is 6. The molecule has 1 aliphatic rings. The number of aromatic carboxylic acids is 1. The molecule has 0 aromatic heterocycles. The third kappa shape index (κ3) is 6.29. The first-order valence-corrected chi connectivity index (χ1v) is 11.9. The Morgan fingerprint density at radius 3 is 1.86 bits per heavy atom. The van der Waals surface area contributed by atoms with Crippen molar-refractivity contribution in [3.05, 3.63) is 69.8 Å². The standard InChI is InChI=1S/C26H18F6O11/c1-2-40-18(33)11-19(34)41-7-8-42-21(37)14-5-3-12(9-16(14)20(35)36)24(25(27,28)29,26(30,31)32)13-4-6-15-17(10-13)23(39)43-22(15)38/h3-6,9-10H,2,7-8,11H2,1H3,(H,35,36). The van der Waals surface area contributed by atoms with Gasteiger partial charge in [-0.15, -0.1) is 0 Å². The maximum absolute atomic E-state index is 14.5. The Labute approximate surface area is 236 Å². The molecule has 230 valence electrons. The summed E-state index contributed by atoms with van der Waals surface area (Å²) in [6, 6.07) is 1.57. The van der Waals surface area contributed by atoms with E-state index in [1.165, 1.54) is 6.92 Å². The van der Waals surface area contributed by atoms with E-state index in [9.17, 15) is 60.2 Å². The van der Waals surface area contributed by atoms with E-state index in [2.05, 4.69) is 14.2 Å². The molecule has 3 rings (SSSR count). The van der Waals surface area contributed by atoms with Gasteiger partial charge in [0.25, 0.3) is 0 Å². The number of esters is 5. The fraction of sp³-hybridized carbons (Fsp3) is 0.308. The minimum atomic E-state index is -6.21. The number of carboxylic acid groups (broad SMARTS) is 1. The molecule has 11 nitrogen and oxygen atoms in total. The van der Waals surface area contributed by atoms with Gasteiger partial charge in [-0.2, -0.15) is 26.3 Å². The first-order chi connectivity index (χ1) is 19.9.